The zero-order valence-electron chi connectivity index (χ0n) is 19.6. The Hall–Kier alpha value is -2.60. The van der Waals surface area contributed by atoms with Crippen LogP contribution < -0.4 is 21.2 Å². The minimum atomic E-state index is -1.92. The van der Waals surface area contributed by atoms with Crippen LogP contribution in [0.1, 0.15) is 0 Å². The van der Waals surface area contributed by atoms with Crippen molar-refractivity contribution >= 4 is 47.9 Å². The van der Waals surface area contributed by atoms with Crippen LogP contribution in [0.15, 0.2) is 121 Å². The molecule has 4 heteroatoms. The van der Waals surface area contributed by atoms with E-state index in [0.717, 1.165) is 26.2 Å². The molecule has 34 heavy (non-hydrogen) atoms. The summed E-state index contributed by atoms with van der Waals surface area (Å²) in [5, 5.41) is 5.38. The number of hydrogen-bond acceptors (Lipinski definition) is 2. The number of piperazine rings is 1. The van der Waals surface area contributed by atoms with E-state index in [2.05, 4.69) is 131 Å². The first kappa shape index (κ1) is 23.2. The number of nitrogens with zero attached hydrogens (tertiary/aromatic N) is 2. The summed E-state index contributed by atoms with van der Waals surface area (Å²) in [6.07, 6.45) is 9.90. The Morgan fingerprint density at radius 3 is 0.794 bits per heavy atom. The number of hydrogen-bond donors (Lipinski definition) is 0. The van der Waals surface area contributed by atoms with Gasteiger partial charge in [0.15, 0.2) is 0 Å². The standard InChI is InChI=1S/C30H32N2P2/c1-33(27-15-7-3-8-16-27,28-17-9-4-10-18-28)31-23-25-32(26-24-31)34(2,29-19-11-5-12-20-29)30-21-13-6-14-22-30/h3-22H,1-2,23-26H2. The van der Waals surface area contributed by atoms with Crippen molar-refractivity contribution in [3.8, 4) is 0 Å². The van der Waals surface area contributed by atoms with Gasteiger partial charge in [0.05, 0.1) is 0 Å². The van der Waals surface area contributed by atoms with Crippen molar-refractivity contribution in [1.82, 2.24) is 9.34 Å². The summed E-state index contributed by atoms with van der Waals surface area (Å²) in [4.78, 5) is 0. The monoisotopic (exact) mass is 482 g/mol. The van der Waals surface area contributed by atoms with Crippen LogP contribution in [0, 0.1) is 0 Å². The first-order valence-corrected chi connectivity index (χ1v) is 15.7. The van der Waals surface area contributed by atoms with Gasteiger partial charge >= 0.3 is 0 Å². The smallest absolute Gasteiger partial charge is 0.0158 e. The molecule has 0 spiro atoms. The molecule has 172 valence electrons. The summed E-state index contributed by atoms with van der Waals surface area (Å²) in [6.45, 7) is 3.94. The molecule has 0 aromatic heterocycles. The maximum Gasteiger partial charge on any atom is 0.0158 e. The van der Waals surface area contributed by atoms with Crippen LogP contribution in [-0.2, 0) is 0 Å². The fourth-order valence-electron chi connectivity index (χ4n) is 5.02. The van der Waals surface area contributed by atoms with Crippen LogP contribution in [0.2, 0.25) is 0 Å². The Balaban J connectivity index is 1.49. The maximum absolute atomic E-state index is 4.95. The first-order chi connectivity index (χ1) is 16.6. The number of benzene rings is 4. The van der Waals surface area contributed by atoms with E-state index in [1.165, 1.54) is 21.2 Å². The molecule has 0 aliphatic carbocycles. The zero-order valence-corrected chi connectivity index (χ0v) is 21.4. The summed E-state index contributed by atoms with van der Waals surface area (Å²) in [5.41, 5.74) is 0. The second kappa shape index (κ2) is 9.95. The largest absolute Gasteiger partial charge is 0.274 e. The van der Waals surface area contributed by atoms with Crippen LogP contribution in [0.4, 0.5) is 0 Å². The molecule has 4 aromatic carbocycles. The van der Waals surface area contributed by atoms with Crippen molar-refractivity contribution in [3.63, 3.8) is 0 Å². The summed E-state index contributed by atoms with van der Waals surface area (Å²) in [5.74, 6) is 0. The normalized spacial score (nSPS) is 15.8. The lowest BCUT2D eigenvalue weighted by Crippen LogP contribution is -2.48. The van der Waals surface area contributed by atoms with Crippen LogP contribution in [0.3, 0.4) is 0 Å². The Bertz CT molecular complexity index is 1110. The van der Waals surface area contributed by atoms with Gasteiger partial charge in [0.2, 0.25) is 0 Å². The summed E-state index contributed by atoms with van der Waals surface area (Å²) in [6, 6.07) is 43.6. The van der Waals surface area contributed by atoms with Gasteiger partial charge in [-0.15, -0.1) is 0 Å². The van der Waals surface area contributed by atoms with E-state index in [1.54, 1.807) is 0 Å². The van der Waals surface area contributed by atoms with Gasteiger partial charge in [-0.25, -0.2) is 0 Å². The average molecular weight is 483 g/mol. The predicted molar refractivity (Wildman–Crippen MR) is 156 cm³/mol. The van der Waals surface area contributed by atoms with Crippen molar-refractivity contribution < 1.29 is 0 Å². The van der Waals surface area contributed by atoms with Gasteiger partial charge in [-0.05, 0) is 21.2 Å². The third-order valence-corrected chi connectivity index (χ3v) is 14.3. The lowest BCUT2D eigenvalue weighted by atomic mass is 10.4. The quantitative estimate of drug-likeness (QED) is 0.370. The molecule has 1 fully saturated rings. The Labute approximate surface area is 204 Å². The molecule has 2 nitrogen and oxygen atoms in total. The predicted octanol–water partition coefficient (Wildman–Crippen LogP) is 4.64. The van der Waals surface area contributed by atoms with Crippen LogP contribution in [0.5, 0.6) is 0 Å². The van der Waals surface area contributed by atoms with Gasteiger partial charge < -0.3 is 0 Å². The highest BCUT2D eigenvalue weighted by molar-refractivity contribution is 7.85. The zero-order chi connectivity index (χ0) is 23.4. The lowest BCUT2D eigenvalue weighted by Gasteiger charge is -2.47. The highest BCUT2D eigenvalue weighted by Crippen LogP contribution is 2.51. The van der Waals surface area contributed by atoms with Gasteiger partial charge in [-0.2, -0.15) is 0 Å². The second-order valence-electron chi connectivity index (χ2n) is 8.79. The van der Waals surface area contributed by atoms with E-state index < -0.39 is 14.1 Å². The van der Waals surface area contributed by atoms with Gasteiger partial charge in [0.25, 0.3) is 0 Å². The molecule has 4 aromatic rings. The molecule has 0 amide bonds. The van der Waals surface area contributed by atoms with Crippen molar-refractivity contribution in [2.75, 3.05) is 26.2 Å². The molecule has 0 unspecified atom stereocenters. The van der Waals surface area contributed by atoms with E-state index >= 15 is 0 Å². The van der Waals surface area contributed by atoms with E-state index in [-0.39, 0.29) is 0 Å². The van der Waals surface area contributed by atoms with E-state index in [0.29, 0.717) is 0 Å². The molecule has 1 heterocycles. The molecule has 0 atom stereocenters. The molecule has 0 saturated carbocycles. The Morgan fingerprint density at radius 1 is 0.382 bits per heavy atom. The molecular weight excluding hydrogens is 450 g/mol. The highest BCUT2D eigenvalue weighted by atomic mass is 31.2. The van der Waals surface area contributed by atoms with Crippen molar-refractivity contribution in [2.45, 2.75) is 0 Å². The minimum absolute atomic E-state index is 0.984. The fourth-order valence-corrected chi connectivity index (χ4v) is 11.3. The van der Waals surface area contributed by atoms with E-state index in [4.69, 9.17) is 12.6 Å². The molecule has 1 saturated heterocycles. The molecule has 5 rings (SSSR count). The molecule has 0 radical (unpaired) electrons. The number of rotatable bonds is 6. The van der Waals surface area contributed by atoms with Crippen molar-refractivity contribution in [3.05, 3.63) is 121 Å². The third-order valence-electron chi connectivity index (χ3n) is 6.93. The van der Waals surface area contributed by atoms with Crippen molar-refractivity contribution in [2.24, 2.45) is 0 Å². The van der Waals surface area contributed by atoms with Gasteiger partial charge in [0.1, 0.15) is 0 Å². The van der Waals surface area contributed by atoms with Crippen LogP contribution in [0.25, 0.3) is 0 Å². The molecule has 1 aliphatic heterocycles. The fraction of sp³-hybridized carbons (Fsp3) is 0.133. The van der Waals surface area contributed by atoms with Crippen LogP contribution >= 0.6 is 14.1 Å². The minimum Gasteiger partial charge on any atom is -0.274 e. The third kappa shape index (κ3) is 4.17. The average Bonchev–Trinajstić information content (AvgIpc) is 2.94. The van der Waals surface area contributed by atoms with Crippen LogP contribution in [-0.4, -0.2) is 48.1 Å². The SMILES string of the molecule is C=P(c1ccccc1)(c1ccccc1)N1CCN(P(=C)(c2ccccc2)c2ccccc2)CC1. The van der Waals surface area contributed by atoms with E-state index in [9.17, 15) is 0 Å². The van der Waals surface area contributed by atoms with Gasteiger partial charge in [0, 0.05) is 40.3 Å². The van der Waals surface area contributed by atoms with Gasteiger partial charge in [-0.3, -0.25) is 9.34 Å². The topological polar surface area (TPSA) is 6.48 Å². The molecule has 1 aliphatic rings. The Kier molecular flexibility index (Phi) is 6.77. The highest BCUT2D eigenvalue weighted by Gasteiger charge is 2.35. The Morgan fingerprint density at radius 2 is 0.588 bits per heavy atom. The summed E-state index contributed by atoms with van der Waals surface area (Å²) >= 11 is 0. The summed E-state index contributed by atoms with van der Waals surface area (Å²) < 4.78 is 5.32. The molecule has 0 N–H and O–H groups in total. The second-order valence-corrected chi connectivity index (χ2v) is 15.1. The summed E-state index contributed by atoms with van der Waals surface area (Å²) in [7, 11) is -3.85. The van der Waals surface area contributed by atoms with E-state index in [1.807, 2.05) is 0 Å². The molecule has 0 bridgehead atoms. The maximum atomic E-state index is 4.95. The molecular formula is C30H32N2P2. The van der Waals surface area contributed by atoms with Crippen molar-refractivity contribution in [1.29, 1.82) is 0 Å². The lowest BCUT2D eigenvalue weighted by molar-refractivity contribution is 0.298. The van der Waals surface area contributed by atoms with Gasteiger partial charge in [-0.1, -0.05) is 134 Å². The first-order valence-electron chi connectivity index (χ1n) is 11.8.